The third-order valence-corrected chi connectivity index (χ3v) is 2.91. The third-order valence-electron chi connectivity index (χ3n) is 2.91. The van der Waals surface area contributed by atoms with E-state index in [0.29, 0.717) is 11.7 Å². The molecule has 0 aliphatic heterocycles. The standard InChI is InChI=1S/C12H14N4O/c1-13-10(9-4-2-3-7-14-9)11-15-12(17-16-11)8-5-6-8/h2-4,7-8,10,13H,5-6H2,1H3. The van der Waals surface area contributed by atoms with Crippen LogP contribution in [0.15, 0.2) is 28.9 Å². The van der Waals surface area contributed by atoms with Crippen molar-refractivity contribution in [3.8, 4) is 0 Å². The molecule has 5 nitrogen and oxygen atoms in total. The second-order valence-electron chi connectivity index (χ2n) is 4.24. The van der Waals surface area contributed by atoms with E-state index in [1.54, 1.807) is 6.20 Å². The zero-order valence-corrected chi connectivity index (χ0v) is 9.63. The largest absolute Gasteiger partial charge is 0.339 e. The zero-order valence-electron chi connectivity index (χ0n) is 9.63. The minimum Gasteiger partial charge on any atom is -0.339 e. The Labute approximate surface area is 99.3 Å². The number of rotatable bonds is 4. The van der Waals surface area contributed by atoms with Gasteiger partial charge in [0.15, 0.2) is 5.82 Å². The molecule has 1 N–H and O–H groups in total. The lowest BCUT2D eigenvalue weighted by Gasteiger charge is -2.10. The summed E-state index contributed by atoms with van der Waals surface area (Å²) in [6, 6.07) is 5.69. The molecular formula is C12H14N4O. The molecule has 2 aromatic heterocycles. The summed E-state index contributed by atoms with van der Waals surface area (Å²) in [6.07, 6.45) is 4.09. The van der Waals surface area contributed by atoms with E-state index in [9.17, 15) is 0 Å². The van der Waals surface area contributed by atoms with Crippen molar-refractivity contribution in [2.75, 3.05) is 7.05 Å². The van der Waals surface area contributed by atoms with Gasteiger partial charge in [-0.2, -0.15) is 4.98 Å². The van der Waals surface area contributed by atoms with Gasteiger partial charge in [0.1, 0.15) is 6.04 Å². The molecule has 1 saturated carbocycles. The lowest BCUT2D eigenvalue weighted by atomic mass is 10.2. The van der Waals surface area contributed by atoms with Crippen LogP contribution in [-0.2, 0) is 0 Å². The first-order chi connectivity index (χ1) is 8.38. The monoisotopic (exact) mass is 230 g/mol. The van der Waals surface area contributed by atoms with E-state index < -0.39 is 0 Å². The topological polar surface area (TPSA) is 63.8 Å². The van der Waals surface area contributed by atoms with Crippen LogP contribution in [0, 0.1) is 0 Å². The lowest BCUT2D eigenvalue weighted by molar-refractivity contribution is 0.370. The van der Waals surface area contributed by atoms with E-state index in [1.165, 1.54) is 0 Å². The van der Waals surface area contributed by atoms with E-state index in [1.807, 2.05) is 25.2 Å². The van der Waals surface area contributed by atoms with E-state index >= 15 is 0 Å². The fourth-order valence-electron chi connectivity index (χ4n) is 1.82. The van der Waals surface area contributed by atoms with Gasteiger partial charge < -0.3 is 9.84 Å². The Hall–Kier alpha value is -1.75. The third kappa shape index (κ3) is 2.06. The smallest absolute Gasteiger partial charge is 0.229 e. The Balaban J connectivity index is 1.88. The number of hydrogen-bond donors (Lipinski definition) is 1. The van der Waals surface area contributed by atoms with Crippen molar-refractivity contribution in [1.29, 1.82) is 0 Å². The molecule has 0 aromatic carbocycles. The number of nitrogens with one attached hydrogen (secondary N) is 1. The first kappa shape index (κ1) is 10.4. The molecule has 88 valence electrons. The molecule has 1 fully saturated rings. The predicted molar refractivity (Wildman–Crippen MR) is 61.4 cm³/mol. The Morgan fingerprint density at radius 2 is 2.29 bits per heavy atom. The number of nitrogens with zero attached hydrogens (tertiary/aromatic N) is 3. The molecule has 0 radical (unpaired) electrons. The van der Waals surface area contributed by atoms with Crippen LogP contribution in [0.1, 0.15) is 42.2 Å². The molecule has 1 unspecified atom stereocenters. The SMILES string of the molecule is CNC(c1ccccn1)c1noc(C2CC2)n1. The minimum atomic E-state index is -0.104. The zero-order chi connectivity index (χ0) is 11.7. The van der Waals surface area contributed by atoms with E-state index in [0.717, 1.165) is 24.4 Å². The maximum absolute atomic E-state index is 5.26. The normalized spacial score (nSPS) is 17.0. The molecule has 2 aromatic rings. The van der Waals surface area contributed by atoms with Crippen molar-refractivity contribution < 1.29 is 4.52 Å². The van der Waals surface area contributed by atoms with Gasteiger partial charge >= 0.3 is 0 Å². The maximum Gasteiger partial charge on any atom is 0.229 e. The van der Waals surface area contributed by atoms with Crippen molar-refractivity contribution >= 4 is 0 Å². The highest BCUT2D eigenvalue weighted by molar-refractivity contribution is 5.17. The van der Waals surface area contributed by atoms with E-state index in [2.05, 4.69) is 20.4 Å². The van der Waals surface area contributed by atoms with Gasteiger partial charge in [0, 0.05) is 12.1 Å². The molecule has 1 atom stereocenters. The average molecular weight is 230 g/mol. The van der Waals surface area contributed by atoms with Gasteiger partial charge in [0.2, 0.25) is 5.89 Å². The van der Waals surface area contributed by atoms with Gasteiger partial charge in [-0.15, -0.1) is 0 Å². The van der Waals surface area contributed by atoms with Crippen LogP contribution in [0.2, 0.25) is 0 Å². The van der Waals surface area contributed by atoms with Gasteiger partial charge in [-0.1, -0.05) is 11.2 Å². The molecule has 1 aliphatic rings. The van der Waals surface area contributed by atoms with E-state index in [-0.39, 0.29) is 6.04 Å². The summed E-state index contributed by atoms with van der Waals surface area (Å²) in [5.74, 6) is 1.90. The van der Waals surface area contributed by atoms with Gasteiger partial charge in [-0.25, -0.2) is 0 Å². The average Bonchev–Trinajstić information content (AvgIpc) is 3.12. The Morgan fingerprint density at radius 3 is 2.94 bits per heavy atom. The lowest BCUT2D eigenvalue weighted by Crippen LogP contribution is -2.20. The summed E-state index contributed by atoms with van der Waals surface area (Å²) in [6.45, 7) is 0. The molecule has 0 bridgehead atoms. The van der Waals surface area contributed by atoms with Gasteiger partial charge in [-0.3, -0.25) is 4.98 Å². The van der Waals surface area contributed by atoms with Crippen LogP contribution < -0.4 is 5.32 Å². The molecule has 0 spiro atoms. The van der Waals surface area contributed by atoms with Crippen LogP contribution in [-0.4, -0.2) is 22.2 Å². The van der Waals surface area contributed by atoms with Crippen molar-refractivity contribution in [3.63, 3.8) is 0 Å². The Bertz CT molecular complexity index is 492. The van der Waals surface area contributed by atoms with Crippen LogP contribution in [0.25, 0.3) is 0 Å². The fraction of sp³-hybridized carbons (Fsp3) is 0.417. The molecule has 5 heteroatoms. The van der Waals surface area contributed by atoms with Crippen LogP contribution in [0.5, 0.6) is 0 Å². The molecule has 2 heterocycles. The van der Waals surface area contributed by atoms with Crippen molar-refractivity contribution in [2.24, 2.45) is 0 Å². The summed E-state index contributed by atoms with van der Waals surface area (Å²) >= 11 is 0. The van der Waals surface area contributed by atoms with Crippen molar-refractivity contribution in [2.45, 2.75) is 24.8 Å². The second kappa shape index (κ2) is 4.25. The molecule has 3 rings (SSSR count). The molecule has 1 aliphatic carbocycles. The van der Waals surface area contributed by atoms with Crippen molar-refractivity contribution in [3.05, 3.63) is 41.8 Å². The quantitative estimate of drug-likeness (QED) is 0.865. The summed E-state index contributed by atoms with van der Waals surface area (Å²) in [7, 11) is 1.87. The summed E-state index contributed by atoms with van der Waals surface area (Å²) in [4.78, 5) is 8.75. The second-order valence-corrected chi connectivity index (χ2v) is 4.24. The maximum atomic E-state index is 5.26. The van der Waals surface area contributed by atoms with Gasteiger partial charge in [0.25, 0.3) is 0 Å². The van der Waals surface area contributed by atoms with Gasteiger partial charge in [-0.05, 0) is 32.0 Å². The number of pyridine rings is 1. The highest BCUT2D eigenvalue weighted by Crippen LogP contribution is 2.39. The molecule has 0 saturated heterocycles. The van der Waals surface area contributed by atoms with Gasteiger partial charge in [0.05, 0.1) is 5.69 Å². The first-order valence-corrected chi connectivity index (χ1v) is 5.80. The van der Waals surface area contributed by atoms with E-state index in [4.69, 9.17) is 4.52 Å². The predicted octanol–water partition coefficient (Wildman–Crippen LogP) is 1.65. The molecular weight excluding hydrogens is 216 g/mol. The molecule has 17 heavy (non-hydrogen) atoms. The summed E-state index contributed by atoms with van der Waals surface area (Å²) in [5.41, 5.74) is 0.901. The van der Waals surface area contributed by atoms with Crippen LogP contribution >= 0.6 is 0 Å². The highest BCUT2D eigenvalue weighted by atomic mass is 16.5. The fourth-order valence-corrected chi connectivity index (χ4v) is 1.82. The van der Waals surface area contributed by atoms with Crippen LogP contribution in [0.4, 0.5) is 0 Å². The Kier molecular flexibility index (Phi) is 2.60. The number of hydrogen-bond acceptors (Lipinski definition) is 5. The summed E-state index contributed by atoms with van der Waals surface area (Å²) in [5, 5.41) is 7.20. The number of aromatic nitrogens is 3. The first-order valence-electron chi connectivity index (χ1n) is 5.80. The summed E-state index contributed by atoms with van der Waals surface area (Å²) < 4.78 is 5.26. The minimum absolute atomic E-state index is 0.104. The van der Waals surface area contributed by atoms with Crippen LogP contribution in [0.3, 0.4) is 0 Å². The Morgan fingerprint density at radius 1 is 1.41 bits per heavy atom. The highest BCUT2D eigenvalue weighted by Gasteiger charge is 2.31. The van der Waals surface area contributed by atoms with Crippen molar-refractivity contribution in [1.82, 2.24) is 20.4 Å². The molecule has 0 amide bonds.